The minimum atomic E-state index is -0.329. The molecule has 0 aromatic heterocycles. The third kappa shape index (κ3) is 3.70. The van der Waals surface area contributed by atoms with Gasteiger partial charge in [-0.3, -0.25) is 0 Å². The quantitative estimate of drug-likeness (QED) is 0.494. The highest BCUT2D eigenvalue weighted by atomic mass is 35.5. The second kappa shape index (κ2) is 8.16. The molecule has 0 amide bonds. The predicted octanol–water partition coefficient (Wildman–Crippen LogP) is 5.99. The van der Waals surface area contributed by atoms with Gasteiger partial charge >= 0.3 is 0 Å². The smallest absolute Gasteiger partial charge is 0.213 e. The van der Waals surface area contributed by atoms with Gasteiger partial charge in [-0.05, 0) is 79.2 Å². The van der Waals surface area contributed by atoms with Gasteiger partial charge in [0.15, 0.2) is 0 Å². The number of nitrogens with zero attached hydrogens (tertiary/aromatic N) is 2. The van der Waals surface area contributed by atoms with Crippen molar-refractivity contribution in [2.45, 2.75) is 25.6 Å². The summed E-state index contributed by atoms with van der Waals surface area (Å²) in [5.74, 6) is 2.51. The number of methoxy groups -OCH3 is 1. The zero-order chi connectivity index (χ0) is 21.4. The number of hydrogen-bond donors (Lipinski definition) is 0. The first-order valence-corrected chi connectivity index (χ1v) is 10.7. The molecule has 0 aliphatic carbocycles. The zero-order valence-electron chi connectivity index (χ0n) is 17.4. The van der Waals surface area contributed by atoms with E-state index in [2.05, 4.69) is 0 Å². The van der Waals surface area contributed by atoms with E-state index in [9.17, 15) is 0 Å². The second-order valence-electron chi connectivity index (χ2n) is 7.53. The van der Waals surface area contributed by atoms with Crippen molar-refractivity contribution in [3.8, 4) is 17.2 Å². The van der Waals surface area contributed by atoms with Crippen LogP contribution in [0.1, 0.15) is 42.3 Å². The first kappa shape index (κ1) is 19.8. The molecular formula is C25H23ClN2O3. The van der Waals surface area contributed by atoms with E-state index in [1.165, 1.54) is 0 Å². The summed E-state index contributed by atoms with van der Waals surface area (Å²) in [5, 5.41) is 7.73. The number of rotatable bonds is 5. The molecule has 2 aliphatic heterocycles. The lowest BCUT2D eigenvalue weighted by molar-refractivity contribution is -0.0190. The van der Waals surface area contributed by atoms with Crippen LogP contribution in [0, 0.1) is 0 Å². The molecule has 31 heavy (non-hydrogen) atoms. The maximum atomic E-state index is 6.41. The van der Waals surface area contributed by atoms with Crippen molar-refractivity contribution in [2.75, 3.05) is 13.7 Å². The molecule has 2 unspecified atom stereocenters. The van der Waals surface area contributed by atoms with Crippen LogP contribution in [0.3, 0.4) is 0 Å². The molecule has 2 atom stereocenters. The van der Waals surface area contributed by atoms with Crippen LogP contribution in [-0.2, 0) is 0 Å². The summed E-state index contributed by atoms with van der Waals surface area (Å²) in [4.78, 5) is 0. The number of ether oxygens (including phenoxy) is 3. The Morgan fingerprint density at radius 3 is 2.48 bits per heavy atom. The second-order valence-corrected chi connectivity index (χ2v) is 7.97. The molecule has 0 spiro atoms. The van der Waals surface area contributed by atoms with E-state index in [0.29, 0.717) is 11.6 Å². The summed E-state index contributed by atoms with van der Waals surface area (Å²) in [6, 6.07) is 21.9. The van der Waals surface area contributed by atoms with E-state index in [0.717, 1.165) is 46.1 Å². The van der Waals surface area contributed by atoms with Gasteiger partial charge in [0.2, 0.25) is 6.23 Å². The SMILES string of the molecule is CCOc1ccc(C2Oc3ccc(Cl)cc3C3CC(c4ccc(OC)cc4)=NN32)cc1. The van der Waals surface area contributed by atoms with Crippen LogP contribution in [-0.4, -0.2) is 24.4 Å². The van der Waals surface area contributed by atoms with E-state index >= 15 is 0 Å². The lowest BCUT2D eigenvalue weighted by Crippen LogP contribution is -2.33. The standard InChI is InChI=1S/C25H23ClN2O3/c1-3-30-20-11-6-17(7-12-20)25-28-23(21-14-18(26)8-13-24(21)31-25)15-22(27-28)16-4-9-19(29-2)10-5-16/h4-14,23,25H,3,15H2,1-2H3. The van der Waals surface area contributed by atoms with Gasteiger partial charge in [0.25, 0.3) is 0 Å². The average Bonchev–Trinajstić information content (AvgIpc) is 3.25. The number of halogens is 1. The monoisotopic (exact) mass is 434 g/mol. The van der Waals surface area contributed by atoms with Crippen molar-refractivity contribution < 1.29 is 14.2 Å². The molecule has 0 radical (unpaired) electrons. The summed E-state index contributed by atoms with van der Waals surface area (Å²) in [5.41, 5.74) is 4.17. The van der Waals surface area contributed by atoms with E-state index < -0.39 is 0 Å². The van der Waals surface area contributed by atoms with Gasteiger partial charge in [0.1, 0.15) is 17.2 Å². The Hall–Kier alpha value is -3.18. The normalized spacial score (nSPS) is 19.2. The van der Waals surface area contributed by atoms with Gasteiger partial charge in [-0.2, -0.15) is 5.10 Å². The molecule has 0 saturated heterocycles. The van der Waals surface area contributed by atoms with Gasteiger partial charge in [0, 0.05) is 22.6 Å². The van der Waals surface area contributed by atoms with Crippen molar-refractivity contribution in [1.82, 2.24) is 5.01 Å². The molecule has 0 N–H and O–H groups in total. The van der Waals surface area contributed by atoms with Gasteiger partial charge in [-0.25, -0.2) is 5.01 Å². The summed E-state index contributed by atoms with van der Waals surface area (Å²) in [6.07, 6.45) is 0.446. The predicted molar refractivity (Wildman–Crippen MR) is 121 cm³/mol. The molecule has 5 rings (SSSR count). The molecule has 158 valence electrons. The van der Waals surface area contributed by atoms with Crippen molar-refractivity contribution >= 4 is 17.3 Å². The first-order chi connectivity index (χ1) is 15.2. The van der Waals surface area contributed by atoms with Gasteiger partial charge in [0.05, 0.1) is 25.5 Å². The molecule has 6 heteroatoms. The lowest BCUT2D eigenvalue weighted by Gasteiger charge is -2.38. The third-order valence-corrected chi connectivity index (χ3v) is 5.89. The fraction of sp³-hybridized carbons (Fsp3) is 0.240. The Kier molecular flexibility index (Phi) is 5.20. The molecular weight excluding hydrogens is 412 g/mol. The highest BCUT2D eigenvalue weighted by Crippen LogP contribution is 2.48. The molecule has 2 heterocycles. The Morgan fingerprint density at radius 2 is 1.77 bits per heavy atom. The van der Waals surface area contributed by atoms with Crippen LogP contribution in [0.25, 0.3) is 0 Å². The molecule has 0 bridgehead atoms. The maximum absolute atomic E-state index is 6.41. The van der Waals surface area contributed by atoms with Crippen molar-refractivity contribution in [3.05, 3.63) is 88.4 Å². The largest absolute Gasteiger partial charge is 0.497 e. The van der Waals surface area contributed by atoms with E-state index in [1.54, 1.807) is 7.11 Å². The number of hydrazone groups is 1. The molecule has 0 saturated carbocycles. The van der Waals surface area contributed by atoms with Crippen molar-refractivity contribution in [1.29, 1.82) is 0 Å². The van der Waals surface area contributed by atoms with Gasteiger partial charge in [-0.15, -0.1) is 0 Å². The first-order valence-electron chi connectivity index (χ1n) is 10.4. The Labute approximate surface area is 186 Å². The van der Waals surface area contributed by atoms with Crippen LogP contribution in [0.5, 0.6) is 17.2 Å². The Balaban J connectivity index is 1.53. The van der Waals surface area contributed by atoms with E-state index in [4.69, 9.17) is 30.9 Å². The van der Waals surface area contributed by atoms with Crippen LogP contribution in [0.2, 0.25) is 5.02 Å². The zero-order valence-corrected chi connectivity index (χ0v) is 18.2. The topological polar surface area (TPSA) is 43.3 Å². The number of fused-ring (bicyclic) bond motifs is 3. The molecule has 3 aromatic carbocycles. The maximum Gasteiger partial charge on any atom is 0.213 e. The molecule has 3 aromatic rings. The summed E-state index contributed by atoms with van der Waals surface area (Å²) < 4.78 is 17.3. The number of benzene rings is 3. The van der Waals surface area contributed by atoms with Crippen LogP contribution in [0.4, 0.5) is 0 Å². The highest BCUT2D eigenvalue weighted by molar-refractivity contribution is 6.30. The Bertz CT molecular complexity index is 1110. The van der Waals surface area contributed by atoms with Crippen molar-refractivity contribution in [3.63, 3.8) is 0 Å². The van der Waals surface area contributed by atoms with E-state index in [1.807, 2.05) is 78.7 Å². The minimum absolute atomic E-state index is 0.0520. The van der Waals surface area contributed by atoms with Crippen molar-refractivity contribution in [2.24, 2.45) is 5.10 Å². The molecule has 2 aliphatic rings. The summed E-state index contributed by atoms with van der Waals surface area (Å²) in [7, 11) is 1.67. The highest BCUT2D eigenvalue weighted by Gasteiger charge is 2.41. The van der Waals surface area contributed by atoms with Gasteiger partial charge < -0.3 is 14.2 Å². The lowest BCUT2D eigenvalue weighted by atomic mass is 9.96. The third-order valence-electron chi connectivity index (χ3n) is 5.65. The van der Waals surface area contributed by atoms with Crippen LogP contribution < -0.4 is 14.2 Å². The van der Waals surface area contributed by atoms with Crippen LogP contribution >= 0.6 is 11.6 Å². The van der Waals surface area contributed by atoms with Crippen LogP contribution in [0.15, 0.2) is 71.8 Å². The minimum Gasteiger partial charge on any atom is -0.497 e. The average molecular weight is 435 g/mol. The Morgan fingerprint density at radius 1 is 1.03 bits per heavy atom. The summed E-state index contributed by atoms with van der Waals surface area (Å²) >= 11 is 6.32. The molecule has 5 nitrogen and oxygen atoms in total. The fourth-order valence-electron chi connectivity index (χ4n) is 4.13. The fourth-order valence-corrected chi connectivity index (χ4v) is 4.31. The molecule has 0 fully saturated rings. The van der Waals surface area contributed by atoms with Gasteiger partial charge in [-0.1, -0.05) is 11.6 Å². The van der Waals surface area contributed by atoms with E-state index in [-0.39, 0.29) is 12.3 Å². The number of hydrogen-bond acceptors (Lipinski definition) is 5. The summed E-state index contributed by atoms with van der Waals surface area (Å²) in [6.45, 7) is 2.61.